The van der Waals surface area contributed by atoms with Crippen molar-refractivity contribution in [2.75, 3.05) is 40.5 Å². The van der Waals surface area contributed by atoms with E-state index in [1.807, 2.05) is 0 Å². The Hall–Kier alpha value is -1.64. The number of carbonyl (C=O) groups excluding carboxylic acids is 1. The maximum Gasteiger partial charge on any atom is 0.255 e. The molecule has 8 heteroatoms. The topological polar surface area (TPSA) is 84.9 Å². The van der Waals surface area contributed by atoms with Gasteiger partial charge in [-0.3, -0.25) is 4.79 Å². The lowest BCUT2D eigenvalue weighted by Gasteiger charge is -2.19. The van der Waals surface area contributed by atoms with E-state index in [0.29, 0.717) is 32.0 Å². The molecule has 0 saturated heterocycles. The average molecular weight is 344 g/mol. The maximum atomic E-state index is 12.6. The highest BCUT2D eigenvalue weighted by molar-refractivity contribution is 7.89. The number of amides is 1. The van der Waals surface area contributed by atoms with Gasteiger partial charge in [-0.1, -0.05) is 13.8 Å². The molecule has 0 unspecified atom stereocenters. The van der Waals surface area contributed by atoms with Crippen LogP contribution >= 0.6 is 0 Å². The fraction of sp³-hybridized carbons (Fsp3) is 0.533. The van der Waals surface area contributed by atoms with Gasteiger partial charge in [0.25, 0.3) is 5.91 Å². The summed E-state index contributed by atoms with van der Waals surface area (Å²) in [6.45, 7) is 4.95. The molecule has 1 rings (SSSR count). The van der Waals surface area contributed by atoms with Crippen LogP contribution in [0.2, 0.25) is 0 Å². The van der Waals surface area contributed by atoms with Crippen LogP contribution in [0.4, 0.5) is 0 Å². The molecule has 1 N–H and O–H groups in total. The van der Waals surface area contributed by atoms with Crippen LogP contribution in [0, 0.1) is 0 Å². The molecule has 23 heavy (non-hydrogen) atoms. The van der Waals surface area contributed by atoms with Gasteiger partial charge in [0.1, 0.15) is 5.75 Å². The summed E-state index contributed by atoms with van der Waals surface area (Å²) in [5.41, 5.74) is 0.178. The number of methoxy groups -OCH3 is 2. The van der Waals surface area contributed by atoms with Crippen molar-refractivity contribution >= 4 is 15.9 Å². The molecular weight excluding hydrogens is 320 g/mol. The normalized spacial score (nSPS) is 11.5. The second-order valence-electron chi connectivity index (χ2n) is 4.70. The van der Waals surface area contributed by atoms with E-state index in [0.717, 1.165) is 0 Å². The van der Waals surface area contributed by atoms with E-state index in [4.69, 9.17) is 9.47 Å². The van der Waals surface area contributed by atoms with Gasteiger partial charge in [-0.15, -0.1) is 0 Å². The molecule has 0 saturated carbocycles. The van der Waals surface area contributed by atoms with Crippen molar-refractivity contribution in [1.29, 1.82) is 0 Å². The number of sulfonamides is 1. The first kappa shape index (κ1) is 19.4. The number of rotatable bonds is 9. The van der Waals surface area contributed by atoms with Crippen LogP contribution in [0.3, 0.4) is 0 Å². The third-order valence-corrected chi connectivity index (χ3v) is 5.40. The monoisotopic (exact) mass is 344 g/mol. The lowest BCUT2D eigenvalue weighted by molar-refractivity contribution is 0.0934. The van der Waals surface area contributed by atoms with Gasteiger partial charge in [0.2, 0.25) is 10.0 Å². The zero-order valence-electron chi connectivity index (χ0n) is 14.0. The molecule has 0 aliphatic carbocycles. The number of carbonyl (C=O) groups is 1. The Labute approximate surface area is 137 Å². The molecule has 0 spiro atoms. The Morgan fingerprint density at radius 3 is 2.39 bits per heavy atom. The van der Waals surface area contributed by atoms with Gasteiger partial charge < -0.3 is 14.8 Å². The van der Waals surface area contributed by atoms with Gasteiger partial charge in [-0.25, -0.2) is 8.42 Å². The fourth-order valence-corrected chi connectivity index (χ4v) is 3.58. The third kappa shape index (κ3) is 4.66. The summed E-state index contributed by atoms with van der Waals surface area (Å²) in [6.07, 6.45) is 0. The summed E-state index contributed by atoms with van der Waals surface area (Å²) in [5, 5.41) is 2.66. The van der Waals surface area contributed by atoms with E-state index in [9.17, 15) is 13.2 Å². The fourth-order valence-electron chi connectivity index (χ4n) is 2.10. The zero-order chi connectivity index (χ0) is 17.5. The Balaban J connectivity index is 3.19. The number of nitrogens with zero attached hydrogens (tertiary/aromatic N) is 1. The quantitative estimate of drug-likeness (QED) is 0.678. The number of nitrogens with one attached hydrogen (secondary N) is 1. The first-order valence-electron chi connectivity index (χ1n) is 7.37. The van der Waals surface area contributed by atoms with E-state index >= 15 is 0 Å². The molecule has 0 bridgehead atoms. The van der Waals surface area contributed by atoms with Gasteiger partial charge in [0.05, 0.1) is 24.2 Å². The van der Waals surface area contributed by atoms with E-state index < -0.39 is 15.9 Å². The SMILES string of the molecule is CCN(CC)S(=O)(=O)c1ccc(OC)c(C(=O)NCCOC)c1. The first-order valence-corrected chi connectivity index (χ1v) is 8.81. The molecular formula is C15H24N2O5S. The molecule has 0 aromatic heterocycles. The van der Waals surface area contributed by atoms with Gasteiger partial charge in [0.15, 0.2) is 0 Å². The molecule has 0 radical (unpaired) electrons. The lowest BCUT2D eigenvalue weighted by Crippen LogP contribution is -2.31. The molecule has 0 heterocycles. The standard InChI is InChI=1S/C15H24N2O5S/c1-5-17(6-2)23(19,20)12-7-8-14(22-4)13(11-12)15(18)16-9-10-21-3/h7-8,11H,5-6,9-10H2,1-4H3,(H,16,18). The molecule has 130 valence electrons. The second kappa shape index (κ2) is 8.85. The summed E-state index contributed by atoms with van der Waals surface area (Å²) >= 11 is 0. The molecule has 0 aliphatic rings. The van der Waals surface area contributed by atoms with Crippen LogP contribution < -0.4 is 10.1 Å². The van der Waals surface area contributed by atoms with Crippen LogP contribution in [0.15, 0.2) is 23.1 Å². The van der Waals surface area contributed by atoms with Crippen molar-refractivity contribution in [3.8, 4) is 5.75 Å². The van der Waals surface area contributed by atoms with Gasteiger partial charge in [0, 0.05) is 26.7 Å². The molecule has 0 atom stereocenters. The number of ether oxygens (including phenoxy) is 2. The Bertz CT molecular complexity index is 627. The van der Waals surface area contributed by atoms with Crippen molar-refractivity contribution in [2.24, 2.45) is 0 Å². The van der Waals surface area contributed by atoms with Crippen LogP contribution in [0.1, 0.15) is 24.2 Å². The van der Waals surface area contributed by atoms with Crippen LogP contribution in [-0.4, -0.2) is 59.1 Å². The predicted octanol–water partition coefficient (Wildman–Crippen LogP) is 1.10. The lowest BCUT2D eigenvalue weighted by atomic mass is 10.2. The van der Waals surface area contributed by atoms with E-state index in [1.165, 1.54) is 36.7 Å². The molecule has 7 nitrogen and oxygen atoms in total. The Kier molecular flexibility index (Phi) is 7.47. The molecule has 1 amide bonds. The Morgan fingerprint density at radius 1 is 1.22 bits per heavy atom. The van der Waals surface area contributed by atoms with Crippen LogP contribution in [-0.2, 0) is 14.8 Å². The van der Waals surface area contributed by atoms with Crippen LogP contribution in [0.25, 0.3) is 0 Å². The largest absolute Gasteiger partial charge is 0.496 e. The van der Waals surface area contributed by atoms with Crippen molar-refractivity contribution in [3.05, 3.63) is 23.8 Å². The summed E-state index contributed by atoms with van der Waals surface area (Å²) in [4.78, 5) is 12.3. The van der Waals surface area contributed by atoms with Crippen molar-refractivity contribution in [3.63, 3.8) is 0 Å². The number of hydrogen-bond acceptors (Lipinski definition) is 5. The summed E-state index contributed by atoms with van der Waals surface area (Å²) in [7, 11) is -0.672. The zero-order valence-corrected chi connectivity index (χ0v) is 14.8. The average Bonchev–Trinajstić information content (AvgIpc) is 2.55. The smallest absolute Gasteiger partial charge is 0.255 e. The molecule has 1 aromatic carbocycles. The van der Waals surface area contributed by atoms with Crippen molar-refractivity contribution in [1.82, 2.24) is 9.62 Å². The van der Waals surface area contributed by atoms with Gasteiger partial charge >= 0.3 is 0 Å². The maximum absolute atomic E-state index is 12.6. The molecule has 0 aliphatic heterocycles. The van der Waals surface area contributed by atoms with E-state index in [1.54, 1.807) is 13.8 Å². The predicted molar refractivity (Wildman–Crippen MR) is 87.3 cm³/mol. The van der Waals surface area contributed by atoms with E-state index in [-0.39, 0.29) is 10.5 Å². The van der Waals surface area contributed by atoms with Gasteiger partial charge in [-0.05, 0) is 18.2 Å². The summed E-state index contributed by atoms with van der Waals surface area (Å²) in [6, 6.07) is 4.27. The van der Waals surface area contributed by atoms with E-state index in [2.05, 4.69) is 5.32 Å². The minimum Gasteiger partial charge on any atom is -0.496 e. The molecule has 0 fully saturated rings. The van der Waals surface area contributed by atoms with Gasteiger partial charge in [-0.2, -0.15) is 4.31 Å². The highest BCUT2D eigenvalue weighted by atomic mass is 32.2. The third-order valence-electron chi connectivity index (χ3n) is 3.35. The highest BCUT2D eigenvalue weighted by Crippen LogP contribution is 2.24. The van der Waals surface area contributed by atoms with Crippen molar-refractivity contribution in [2.45, 2.75) is 18.7 Å². The molecule has 1 aromatic rings. The minimum absolute atomic E-state index is 0.0684. The Morgan fingerprint density at radius 2 is 1.87 bits per heavy atom. The highest BCUT2D eigenvalue weighted by Gasteiger charge is 2.24. The second-order valence-corrected chi connectivity index (χ2v) is 6.64. The summed E-state index contributed by atoms with van der Waals surface area (Å²) in [5.74, 6) is -0.0890. The first-order chi connectivity index (χ1) is 10.9. The minimum atomic E-state index is -3.63. The van der Waals surface area contributed by atoms with Crippen LogP contribution in [0.5, 0.6) is 5.75 Å². The number of hydrogen-bond donors (Lipinski definition) is 1. The summed E-state index contributed by atoms with van der Waals surface area (Å²) < 4.78 is 36.5. The van der Waals surface area contributed by atoms with Crippen molar-refractivity contribution < 1.29 is 22.7 Å². The number of benzene rings is 1.